The van der Waals surface area contributed by atoms with Gasteiger partial charge in [0.1, 0.15) is 0 Å². The van der Waals surface area contributed by atoms with Crippen LogP contribution in [-0.4, -0.2) is 89.7 Å². The van der Waals surface area contributed by atoms with Crippen molar-refractivity contribution in [1.82, 2.24) is 24.8 Å². The van der Waals surface area contributed by atoms with Crippen LogP contribution in [0, 0.1) is 0 Å². The molecular formula is C28H45N9. The summed E-state index contributed by atoms with van der Waals surface area (Å²) in [5.41, 5.74) is 8.67. The first-order valence-corrected chi connectivity index (χ1v) is 14.4. The molecule has 37 heavy (non-hydrogen) atoms. The molecule has 0 radical (unpaired) electrons. The average Bonchev–Trinajstić information content (AvgIpc) is 3.21. The number of rotatable bonds is 8. The zero-order valence-corrected chi connectivity index (χ0v) is 22.8. The second kappa shape index (κ2) is 12.3. The van der Waals surface area contributed by atoms with E-state index in [9.17, 15) is 0 Å². The molecule has 3 heterocycles. The Bertz CT molecular complexity index is 982. The molecule has 1 saturated carbocycles. The Morgan fingerprint density at radius 2 is 1.62 bits per heavy atom. The Labute approximate surface area is 222 Å². The number of nitrogens with zero attached hydrogens (tertiary/aromatic N) is 7. The van der Waals surface area contributed by atoms with Crippen LogP contribution in [0.3, 0.4) is 0 Å². The zero-order valence-electron chi connectivity index (χ0n) is 22.8. The summed E-state index contributed by atoms with van der Waals surface area (Å²) in [6, 6.07) is 9.87. The standard InChI is InChI=1S/C28H45N9/c1-3-35-16-8-11-25(35)21-30-27-31-26(29)32-28(33-27)37(23-9-6-4-5-7-10-23)24-14-12-22(13-15-24)36-19-17-34(2)18-20-36/h12-15,23,25H,3-11,16-21H2,1-2H3,(H3,29,30,31,32,33). The summed E-state index contributed by atoms with van der Waals surface area (Å²) < 4.78 is 0. The van der Waals surface area contributed by atoms with Crippen molar-refractivity contribution >= 4 is 29.2 Å². The highest BCUT2D eigenvalue weighted by Gasteiger charge is 2.27. The molecule has 9 nitrogen and oxygen atoms in total. The third kappa shape index (κ3) is 6.44. The Morgan fingerprint density at radius 1 is 0.892 bits per heavy atom. The van der Waals surface area contributed by atoms with Crippen LogP contribution >= 0.6 is 0 Å². The van der Waals surface area contributed by atoms with Gasteiger partial charge in [-0.05, 0) is 70.1 Å². The second-order valence-corrected chi connectivity index (χ2v) is 10.9. The van der Waals surface area contributed by atoms with Gasteiger partial charge in [-0.15, -0.1) is 0 Å². The third-order valence-corrected chi connectivity index (χ3v) is 8.44. The molecule has 1 atom stereocenters. The minimum absolute atomic E-state index is 0.277. The number of benzene rings is 1. The van der Waals surface area contributed by atoms with Crippen molar-refractivity contribution in [2.75, 3.05) is 73.7 Å². The van der Waals surface area contributed by atoms with Crippen LogP contribution in [0.5, 0.6) is 0 Å². The molecule has 5 rings (SSSR count). The van der Waals surface area contributed by atoms with E-state index in [1.807, 2.05) is 0 Å². The molecule has 0 bridgehead atoms. The summed E-state index contributed by atoms with van der Waals surface area (Å²) in [4.78, 5) is 23.8. The van der Waals surface area contributed by atoms with Crippen molar-refractivity contribution in [2.45, 2.75) is 70.4 Å². The molecule has 3 N–H and O–H groups in total. The molecule has 0 spiro atoms. The van der Waals surface area contributed by atoms with Crippen LogP contribution in [0.2, 0.25) is 0 Å². The maximum Gasteiger partial charge on any atom is 0.236 e. The van der Waals surface area contributed by atoms with Crippen LogP contribution < -0.4 is 20.9 Å². The molecule has 1 unspecified atom stereocenters. The summed E-state index contributed by atoms with van der Waals surface area (Å²) in [5, 5.41) is 3.49. The van der Waals surface area contributed by atoms with Crippen molar-refractivity contribution in [1.29, 1.82) is 0 Å². The Kier molecular flexibility index (Phi) is 8.61. The number of anilines is 5. The quantitative estimate of drug-likeness (QED) is 0.515. The Hall–Kier alpha value is -2.65. The van der Waals surface area contributed by atoms with Crippen LogP contribution in [0.4, 0.5) is 29.2 Å². The van der Waals surface area contributed by atoms with Gasteiger partial charge in [-0.3, -0.25) is 4.90 Å². The fourth-order valence-corrected chi connectivity index (χ4v) is 6.21. The lowest BCUT2D eigenvalue weighted by Crippen LogP contribution is -2.44. The van der Waals surface area contributed by atoms with Crippen LogP contribution in [0.25, 0.3) is 0 Å². The number of nitrogens with two attached hydrogens (primary N) is 1. The molecule has 2 aliphatic heterocycles. The molecule has 1 aliphatic carbocycles. The smallest absolute Gasteiger partial charge is 0.236 e. The van der Waals surface area contributed by atoms with Gasteiger partial charge in [0.2, 0.25) is 17.8 Å². The molecule has 2 saturated heterocycles. The van der Waals surface area contributed by atoms with Crippen LogP contribution in [-0.2, 0) is 0 Å². The topological polar surface area (TPSA) is 89.7 Å². The Balaban J connectivity index is 1.39. The van der Waals surface area contributed by atoms with E-state index in [0.29, 0.717) is 24.0 Å². The fraction of sp³-hybridized carbons (Fsp3) is 0.679. The van der Waals surface area contributed by atoms with E-state index < -0.39 is 0 Å². The number of hydrogen-bond acceptors (Lipinski definition) is 9. The highest BCUT2D eigenvalue weighted by Crippen LogP contribution is 2.34. The minimum atomic E-state index is 0.277. The van der Waals surface area contributed by atoms with Gasteiger partial charge < -0.3 is 25.8 Å². The number of nitrogens with one attached hydrogen (secondary N) is 1. The predicted molar refractivity (Wildman–Crippen MR) is 153 cm³/mol. The molecule has 202 valence electrons. The lowest BCUT2D eigenvalue weighted by atomic mass is 10.1. The maximum atomic E-state index is 6.26. The summed E-state index contributed by atoms with van der Waals surface area (Å²) in [7, 11) is 2.20. The molecular weight excluding hydrogens is 462 g/mol. The highest BCUT2D eigenvalue weighted by atomic mass is 15.3. The van der Waals surface area contributed by atoms with Gasteiger partial charge in [0.05, 0.1) is 0 Å². The normalized spacial score (nSPS) is 22.2. The molecule has 3 fully saturated rings. The van der Waals surface area contributed by atoms with E-state index in [2.05, 4.69) is 73.1 Å². The van der Waals surface area contributed by atoms with E-state index >= 15 is 0 Å². The van der Waals surface area contributed by atoms with Crippen molar-refractivity contribution in [3.05, 3.63) is 24.3 Å². The van der Waals surface area contributed by atoms with Gasteiger partial charge in [-0.25, -0.2) is 0 Å². The van der Waals surface area contributed by atoms with E-state index in [4.69, 9.17) is 10.7 Å². The highest BCUT2D eigenvalue weighted by molar-refractivity contribution is 5.64. The molecule has 1 aromatic heterocycles. The van der Waals surface area contributed by atoms with E-state index in [0.717, 1.165) is 57.8 Å². The summed E-state index contributed by atoms with van der Waals surface area (Å²) in [6.45, 7) is 9.66. The number of piperazine rings is 1. The number of likely N-dealkylation sites (tertiary alicyclic amines) is 1. The third-order valence-electron chi connectivity index (χ3n) is 8.44. The summed E-state index contributed by atoms with van der Waals surface area (Å²) >= 11 is 0. The maximum absolute atomic E-state index is 6.26. The largest absolute Gasteiger partial charge is 0.369 e. The van der Waals surface area contributed by atoms with Gasteiger partial charge in [-0.1, -0.05) is 32.6 Å². The fourth-order valence-electron chi connectivity index (χ4n) is 6.21. The minimum Gasteiger partial charge on any atom is -0.369 e. The van der Waals surface area contributed by atoms with E-state index in [1.165, 1.54) is 50.8 Å². The van der Waals surface area contributed by atoms with E-state index in [-0.39, 0.29) is 5.95 Å². The number of hydrogen-bond donors (Lipinski definition) is 2. The predicted octanol–water partition coefficient (Wildman–Crippen LogP) is 3.96. The molecule has 9 heteroatoms. The summed E-state index contributed by atoms with van der Waals surface area (Å²) in [5.74, 6) is 1.52. The summed E-state index contributed by atoms with van der Waals surface area (Å²) in [6.07, 6.45) is 9.82. The molecule has 0 amide bonds. The molecule has 2 aromatic rings. The molecule has 1 aromatic carbocycles. The number of likely N-dealkylation sites (N-methyl/N-ethyl adjacent to an activating group) is 2. The first-order valence-electron chi connectivity index (χ1n) is 14.4. The number of nitrogen functional groups attached to an aromatic ring is 1. The van der Waals surface area contributed by atoms with Crippen LogP contribution in [0.15, 0.2) is 24.3 Å². The van der Waals surface area contributed by atoms with Gasteiger partial charge in [-0.2, -0.15) is 15.0 Å². The zero-order chi connectivity index (χ0) is 25.6. The monoisotopic (exact) mass is 507 g/mol. The van der Waals surface area contributed by atoms with Crippen LogP contribution in [0.1, 0.15) is 58.3 Å². The van der Waals surface area contributed by atoms with Crippen molar-refractivity contribution in [3.63, 3.8) is 0 Å². The first kappa shape index (κ1) is 26.0. The first-order chi connectivity index (χ1) is 18.1. The Morgan fingerprint density at radius 3 is 2.32 bits per heavy atom. The van der Waals surface area contributed by atoms with Crippen molar-refractivity contribution in [3.8, 4) is 0 Å². The molecule has 3 aliphatic rings. The SMILES string of the molecule is CCN1CCCC1CNc1nc(N)nc(N(c2ccc(N3CCN(C)CC3)cc2)C2CCCCCC2)n1. The van der Waals surface area contributed by atoms with Gasteiger partial charge in [0.15, 0.2) is 0 Å². The van der Waals surface area contributed by atoms with Gasteiger partial charge in [0, 0.05) is 56.2 Å². The second-order valence-electron chi connectivity index (χ2n) is 10.9. The van der Waals surface area contributed by atoms with Crippen molar-refractivity contribution in [2.24, 2.45) is 0 Å². The average molecular weight is 508 g/mol. The van der Waals surface area contributed by atoms with Gasteiger partial charge in [0.25, 0.3) is 0 Å². The number of aromatic nitrogens is 3. The lowest BCUT2D eigenvalue weighted by molar-refractivity contribution is 0.277. The van der Waals surface area contributed by atoms with Gasteiger partial charge >= 0.3 is 0 Å². The van der Waals surface area contributed by atoms with E-state index in [1.54, 1.807) is 0 Å². The van der Waals surface area contributed by atoms with Crippen molar-refractivity contribution < 1.29 is 0 Å². The lowest BCUT2D eigenvalue weighted by Gasteiger charge is -2.35.